The van der Waals surface area contributed by atoms with E-state index >= 15 is 0 Å². The number of amides is 1. The van der Waals surface area contributed by atoms with Crippen molar-refractivity contribution < 1.29 is 19.0 Å². The minimum absolute atomic E-state index is 0.0000642. The molecule has 2 aromatic rings. The summed E-state index contributed by atoms with van der Waals surface area (Å²) in [6.07, 6.45) is 4.70. The Balaban J connectivity index is 1.32. The van der Waals surface area contributed by atoms with Gasteiger partial charge in [-0.3, -0.25) is 4.79 Å². The van der Waals surface area contributed by atoms with Crippen molar-refractivity contribution in [1.82, 2.24) is 5.32 Å². The van der Waals surface area contributed by atoms with Crippen LogP contribution >= 0.6 is 0 Å². The van der Waals surface area contributed by atoms with Crippen LogP contribution in [0.1, 0.15) is 36.8 Å². The van der Waals surface area contributed by atoms with Gasteiger partial charge in [0.15, 0.2) is 11.5 Å². The molecule has 0 aromatic heterocycles. The Bertz CT molecular complexity index is 863. The zero-order valence-corrected chi connectivity index (χ0v) is 15.9. The van der Waals surface area contributed by atoms with Gasteiger partial charge < -0.3 is 19.5 Å². The molecule has 2 aromatic carbocycles. The average molecular weight is 379 g/mol. The van der Waals surface area contributed by atoms with Crippen LogP contribution in [0.2, 0.25) is 0 Å². The molecule has 0 spiro atoms. The molecular weight excluding hydrogens is 354 g/mol. The van der Waals surface area contributed by atoms with E-state index in [2.05, 4.69) is 11.4 Å². The van der Waals surface area contributed by atoms with E-state index in [0.717, 1.165) is 54.9 Å². The van der Waals surface area contributed by atoms with E-state index in [1.807, 2.05) is 36.4 Å². The molecule has 1 N–H and O–H groups in total. The number of rotatable bonds is 4. The number of benzene rings is 2. The second-order valence-electron chi connectivity index (χ2n) is 7.91. The number of hydrogen-bond donors (Lipinski definition) is 1. The summed E-state index contributed by atoms with van der Waals surface area (Å²) in [6.45, 7) is 1.65. The fraction of sp³-hybridized carbons (Fsp3) is 0.435. The minimum Gasteiger partial charge on any atom is -0.488 e. The predicted octanol–water partition coefficient (Wildman–Crippen LogP) is 3.39. The van der Waals surface area contributed by atoms with Crippen molar-refractivity contribution in [1.29, 1.82) is 0 Å². The zero-order valence-electron chi connectivity index (χ0n) is 15.9. The highest BCUT2D eigenvalue weighted by Gasteiger charge is 2.43. The van der Waals surface area contributed by atoms with Crippen molar-refractivity contribution in [3.63, 3.8) is 0 Å². The van der Waals surface area contributed by atoms with Gasteiger partial charge >= 0.3 is 0 Å². The van der Waals surface area contributed by atoms with E-state index in [-0.39, 0.29) is 12.0 Å². The van der Waals surface area contributed by atoms with E-state index in [1.54, 1.807) is 0 Å². The third-order valence-electron chi connectivity index (χ3n) is 6.19. The summed E-state index contributed by atoms with van der Waals surface area (Å²) in [4.78, 5) is 13.3. The molecule has 1 fully saturated rings. The highest BCUT2D eigenvalue weighted by atomic mass is 16.6. The Morgan fingerprint density at radius 1 is 1.00 bits per heavy atom. The minimum atomic E-state index is -0.485. The number of nitrogens with one attached hydrogen (secondary N) is 1. The molecule has 3 aliphatic rings. The first-order chi connectivity index (χ1) is 13.7. The molecule has 5 rings (SSSR count). The number of fused-ring (bicyclic) bond motifs is 2. The summed E-state index contributed by atoms with van der Waals surface area (Å²) in [5, 5.41) is 3.18. The maximum absolute atomic E-state index is 13.3. The highest BCUT2D eigenvalue weighted by Crippen LogP contribution is 2.44. The van der Waals surface area contributed by atoms with Crippen LogP contribution in [0.4, 0.5) is 0 Å². The first-order valence-electron chi connectivity index (χ1n) is 10.2. The van der Waals surface area contributed by atoms with Gasteiger partial charge in [-0.15, -0.1) is 0 Å². The molecule has 1 amide bonds. The van der Waals surface area contributed by atoms with Crippen LogP contribution in [-0.2, 0) is 16.6 Å². The summed E-state index contributed by atoms with van der Waals surface area (Å²) in [5.41, 5.74) is 1.76. The van der Waals surface area contributed by atoms with Crippen LogP contribution in [0.25, 0.3) is 0 Å². The second-order valence-corrected chi connectivity index (χ2v) is 7.91. The lowest BCUT2D eigenvalue weighted by molar-refractivity contribution is -0.127. The first-order valence-corrected chi connectivity index (χ1v) is 10.2. The van der Waals surface area contributed by atoms with Crippen LogP contribution in [0.5, 0.6) is 17.2 Å². The summed E-state index contributed by atoms with van der Waals surface area (Å²) in [5.74, 6) is 2.54. The molecule has 5 heteroatoms. The molecule has 5 nitrogen and oxygen atoms in total. The van der Waals surface area contributed by atoms with Gasteiger partial charge in [0.05, 0.1) is 12.0 Å². The largest absolute Gasteiger partial charge is 0.488 e. The van der Waals surface area contributed by atoms with Crippen LogP contribution in [-0.4, -0.2) is 31.8 Å². The number of carbonyl (C=O) groups excluding carboxylic acids is 1. The van der Waals surface area contributed by atoms with Crippen LogP contribution in [0.15, 0.2) is 42.5 Å². The lowest BCUT2D eigenvalue weighted by Gasteiger charge is -2.30. The Labute approximate surface area is 165 Å². The van der Waals surface area contributed by atoms with Gasteiger partial charge in [-0.1, -0.05) is 37.1 Å². The SMILES string of the molecule is O=C(NCC1Cc2ccccc2O1)C1(c2ccc3c(c2)OCCO3)CCCC1. The lowest BCUT2D eigenvalue weighted by atomic mass is 9.77. The Morgan fingerprint density at radius 3 is 2.61 bits per heavy atom. The molecular formula is C23H25NO4. The van der Waals surface area contributed by atoms with E-state index in [0.29, 0.717) is 19.8 Å². The smallest absolute Gasteiger partial charge is 0.230 e. The molecule has 2 heterocycles. The van der Waals surface area contributed by atoms with Crippen molar-refractivity contribution >= 4 is 5.91 Å². The summed E-state index contributed by atoms with van der Waals surface area (Å²) in [6, 6.07) is 14.1. The van der Waals surface area contributed by atoms with Crippen molar-refractivity contribution in [2.75, 3.05) is 19.8 Å². The highest BCUT2D eigenvalue weighted by molar-refractivity contribution is 5.89. The van der Waals surface area contributed by atoms with Gasteiger partial charge in [-0.25, -0.2) is 0 Å². The average Bonchev–Trinajstić information content (AvgIpc) is 3.39. The van der Waals surface area contributed by atoms with Crippen LogP contribution < -0.4 is 19.5 Å². The maximum Gasteiger partial charge on any atom is 0.230 e. The van der Waals surface area contributed by atoms with Gasteiger partial charge in [-0.05, 0) is 42.2 Å². The number of hydrogen-bond acceptors (Lipinski definition) is 4. The second kappa shape index (κ2) is 7.04. The maximum atomic E-state index is 13.3. The Kier molecular flexibility index (Phi) is 4.38. The molecule has 1 saturated carbocycles. The number of carbonyl (C=O) groups is 1. The molecule has 0 radical (unpaired) electrons. The van der Waals surface area contributed by atoms with Gasteiger partial charge in [0.1, 0.15) is 25.1 Å². The number of para-hydroxylation sites is 1. The quantitative estimate of drug-likeness (QED) is 0.885. The molecule has 0 bridgehead atoms. The summed E-state index contributed by atoms with van der Waals surface area (Å²) < 4.78 is 17.4. The molecule has 28 heavy (non-hydrogen) atoms. The van der Waals surface area contributed by atoms with Gasteiger partial charge in [-0.2, -0.15) is 0 Å². The summed E-state index contributed by atoms with van der Waals surface area (Å²) >= 11 is 0. The molecule has 146 valence electrons. The lowest BCUT2D eigenvalue weighted by Crippen LogP contribution is -2.46. The van der Waals surface area contributed by atoms with E-state index in [1.165, 1.54) is 5.56 Å². The standard InChI is InChI=1S/C23H25NO4/c25-22(24-15-18-13-16-5-1-2-6-19(16)28-18)23(9-3-4-10-23)17-7-8-20-21(14-17)27-12-11-26-20/h1-2,5-8,14,18H,3-4,9-13,15H2,(H,24,25). The van der Waals surface area contributed by atoms with E-state index < -0.39 is 5.41 Å². The van der Waals surface area contributed by atoms with Crippen molar-refractivity contribution in [2.24, 2.45) is 0 Å². The van der Waals surface area contributed by atoms with E-state index in [9.17, 15) is 4.79 Å². The molecule has 1 unspecified atom stereocenters. The summed E-state index contributed by atoms with van der Waals surface area (Å²) in [7, 11) is 0. The van der Waals surface area contributed by atoms with Crippen molar-refractivity contribution in [2.45, 2.75) is 43.6 Å². The fourth-order valence-electron chi connectivity index (χ4n) is 4.71. The Morgan fingerprint density at radius 2 is 1.79 bits per heavy atom. The monoisotopic (exact) mass is 379 g/mol. The predicted molar refractivity (Wildman–Crippen MR) is 105 cm³/mol. The van der Waals surface area contributed by atoms with Crippen molar-refractivity contribution in [3.05, 3.63) is 53.6 Å². The van der Waals surface area contributed by atoms with Gasteiger partial charge in [0.2, 0.25) is 5.91 Å². The third-order valence-corrected chi connectivity index (χ3v) is 6.19. The topological polar surface area (TPSA) is 56.8 Å². The molecule has 1 aliphatic carbocycles. The van der Waals surface area contributed by atoms with Crippen LogP contribution in [0.3, 0.4) is 0 Å². The van der Waals surface area contributed by atoms with E-state index in [4.69, 9.17) is 14.2 Å². The van der Waals surface area contributed by atoms with Gasteiger partial charge in [0, 0.05) is 6.42 Å². The van der Waals surface area contributed by atoms with Crippen LogP contribution in [0, 0.1) is 0 Å². The molecule has 0 saturated heterocycles. The fourth-order valence-corrected chi connectivity index (χ4v) is 4.71. The van der Waals surface area contributed by atoms with Gasteiger partial charge in [0.25, 0.3) is 0 Å². The zero-order chi connectivity index (χ0) is 19.0. The molecule has 2 aliphatic heterocycles. The Hall–Kier alpha value is -2.69. The normalized spacial score (nSPS) is 21.6. The number of ether oxygens (including phenoxy) is 3. The third kappa shape index (κ3) is 2.99. The first kappa shape index (κ1) is 17.4. The van der Waals surface area contributed by atoms with Crippen molar-refractivity contribution in [3.8, 4) is 17.2 Å². The molecule has 1 atom stereocenters.